The molecule has 6 heteroatoms. The lowest BCUT2D eigenvalue weighted by Gasteiger charge is -2.09. The van der Waals surface area contributed by atoms with Crippen LogP contribution in [0.1, 0.15) is 10.4 Å². The van der Waals surface area contributed by atoms with Crippen molar-refractivity contribution in [1.29, 1.82) is 0 Å². The van der Waals surface area contributed by atoms with Crippen molar-refractivity contribution in [3.8, 4) is 22.9 Å². The molecule has 0 saturated heterocycles. The summed E-state index contributed by atoms with van der Waals surface area (Å²) in [5.74, 6) is -0.263. The van der Waals surface area contributed by atoms with Crippen molar-refractivity contribution < 1.29 is 14.6 Å². The number of carboxylic acids is 1. The smallest absolute Gasteiger partial charge is 0.335 e. The van der Waals surface area contributed by atoms with Gasteiger partial charge in [0.05, 0.1) is 16.3 Å². The van der Waals surface area contributed by atoms with Gasteiger partial charge in [-0.2, -0.15) is 0 Å². The third kappa shape index (κ3) is 3.50. The summed E-state index contributed by atoms with van der Waals surface area (Å²) in [6.45, 7) is 0. The summed E-state index contributed by atoms with van der Waals surface area (Å²) in [6, 6.07) is 16.8. The second-order valence-corrected chi connectivity index (χ2v) is 5.69. The molecule has 0 aliphatic carbocycles. The Morgan fingerprint density at radius 2 is 1.75 bits per heavy atom. The maximum absolute atomic E-state index is 11.1. The van der Waals surface area contributed by atoms with E-state index in [2.05, 4.69) is 4.98 Å². The predicted octanol–water partition coefficient (Wildman–Crippen LogP) is 5.55. The number of halogens is 2. The first-order valence-electron chi connectivity index (χ1n) is 6.97. The van der Waals surface area contributed by atoms with E-state index >= 15 is 0 Å². The number of carboxylic acid groups (broad SMARTS) is 1. The van der Waals surface area contributed by atoms with Crippen molar-refractivity contribution in [3.63, 3.8) is 0 Å². The number of aromatic nitrogens is 1. The summed E-state index contributed by atoms with van der Waals surface area (Å²) >= 11 is 12.1. The van der Waals surface area contributed by atoms with E-state index in [0.29, 0.717) is 32.9 Å². The molecule has 0 amide bonds. The molecular formula is C18H11Cl2NO3. The van der Waals surface area contributed by atoms with Crippen molar-refractivity contribution in [2.24, 2.45) is 0 Å². The van der Waals surface area contributed by atoms with Crippen LogP contribution in [0.15, 0.2) is 60.7 Å². The van der Waals surface area contributed by atoms with Crippen LogP contribution in [-0.4, -0.2) is 16.1 Å². The Bertz CT molecular complexity index is 912. The average Bonchev–Trinajstić information content (AvgIpc) is 2.59. The molecule has 0 saturated carbocycles. The molecule has 1 aromatic heterocycles. The standard InChI is InChI=1S/C18H11Cl2NO3/c19-13-6-2-8-15(17(13)20)24-16-9-3-7-14(21-16)11-4-1-5-12(10-11)18(22)23/h1-10H,(H,22,23). The van der Waals surface area contributed by atoms with E-state index in [4.69, 9.17) is 33.0 Å². The Morgan fingerprint density at radius 3 is 2.54 bits per heavy atom. The molecule has 0 atom stereocenters. The van der Waals surface area contributed by atoms with E-state index in [-0.39, 0.29) is 5.56 Å². The van der Waals surface area contributed by atoms with Gasteiger partial charge in [-0.3, -0.25) is 0 Å². The van der Waals surface area contributed by atoms with Gasteiger partial charge in [-0.15, -0.1) is 0 Å². The molecule has 3 rings (SSSR count). The zero-order valence-electron chi connectivity index (χ0n) is 12.2. The van der Waals surface area contributed by atoms with E-state index in [1.807, 2.05) is 0 Å². The van der Waals surface area contributed by atoms with E-state index in [9.17, 15) is 4.79 Å². The van der Waals surface area contributed by atoms with Crippen LogP contribution in [-0.2, 0) is 0 Å². The van der Waals surface area contributed by atoms with Gasteiger partial charge in [0.25, 0.3) is 0 Å². The average molecular weight is 360 g/mol. The molecule has 3 aromatic rings. The van der Waals surface area contributed by atoms with Crippen LogP contribution in [0.2, 0.25) is 10.0 Å². The topological polar surface area (TPSA) is 59.4 Å². The van der Waals surface area contributed by atoms with Crippen LogP contribution in [0.5, 0.6) is 11.6 Å². The minimum Gasteiger partial charge on any atom is -0.478 e. The van der Waals surface area contributed by atoms with Crippen molar-refractivity contribution in [2.75, 3.05) is 0 Å². The van der Waals surface area contributed by atoms with Gasteiger partial charge >= 0.3 is 5.97 Å². The first-order valence-corrected chi connectivity index (χ1v) is 7.73. The molecule has 2 aromatic carbocycles. The predicted molar refractivity (Wildman–Crippen MR) is 93.2 cm³/mol. The summed E-state index contributed by atoms with van der Waals surface area (Å²) in [4.78, 5) is 15.5. The molecule has 0 aliphatic heterocycles. The molecule has 0 spiro atoms. The van der Waals surface area contributed by atoms with Crippen LogP contribution >= 0.6 is 23.2 Å². The summed E-state index contributed by atoms with van der Waals surface area (Å²) in [7, 11) is 0. The number of ether oxygens (including phenoxy) is 1. The van der Waals surface area contributed by atoms with Gasteiger partial charge in [-0.05, 0) is 30.3 Å². The van der Waals surface area contributed by atoms with Crippen LogP contribution in [0.3, 0.4) is 0 Å². The summed E-state index contributed by atoms with van der Waals surface area (Å²) in [5.41, 5.74) is 1.46. The van der Waals surface area contributed by atoms with Gasteiger partial charge in [0.2, 0.25) is 5.88 Å². The molecular weight excluding hydrogens is 349 g/mol. The van der Waals surface area contributed by atoms with E-state index < -0.39 is 5.97 Å². The number of carbonyl (C=O) groups is 1. The highest BCUT2D eigenvalue weighted by Gasteiger charge is 2.10. The lowest BCUT2D eigenvalue weighted by Crippen LogP contribution is -1.96. The van der Waals surface area contributed by atoms with Crippen LogP contribution < -0.4 is 4.74 Å². The number of aromatic carboxylic acids is 1. The molecule has 0 unspecified atom stereocenters. The SMILES string of the molecule is O=C(O)c1cccc(-c2cccc(Oc3cccc(Cl)c3Cl)n2)c1. The van der Waals surface area contributed by atoms with Crippen molar-refractivity contribution in [1.82, 2.24) is 4.98 Å². The fraction of sp³-hybridized carbons (Fsp3) is 0. The summed E-state index contributed by atoms with van der Waals surface area (Å²) in [5, 5.41) is 9.78. The van der Waals surface area contributed by atoms with Crippen molar-refractivity contribution in [3.05, 3.63) is 76.3 Å². The first kappa shape index (κ1) is 16.3. The molecule has 0 aliphatic rings. The largest absolute Gasteiger partial charge is 0.478 e. The zero-order valence-corrected chi connectivity index (χ0v) is 13.8. The van der Waals surface area contributed by atoms with Gasteiger partial charge < -0.3 is 9.84 Å². The van der Waals surface area contributed by atoms with Gasteiger partial charge in [-0.1, -0.05) is 47.5 Å². The normalized spacial score (nSPS) is 10.4. The Kier molecular flexibility index (Phi) is 4.69. The maximum Gasteiger partial charge on any atom is 0.335 e. The molecule has 120 valence electrons. The third-order valence-corrected chi connectivity index (χ3v) is 4.06. The molecule has 4 nitrogen and oxygen atoms in total. The molecule has 0 fully saturated rings. The monoisotopic (exact) mass is 359 g/mol. The summed E-state index contributed by atoms with van der Waals surface area (Å²) < 4.78 is 5.69. The maximum atomic E-state index is 11.1. The number of pyridine rings is 1. The van der Waals surface area contributed by atoms with Crippen molar-refractivity contribution in [2.45, 2.75) is 0 Å². The second-order valence-electron chi connectivity index (χ2n) is 4.90. The van der Waals surface area contributed by atoms with E-state index in [0.717, 1.165) is 0 Å². The molecule has 0 bridgehead atoms. The Hall–Kier alpha value is -2.56. The number of nitrogens with zero attached hydrogens (tertiary/aromatic N) is 1. The molecule has 0 radical (unpaired) electrons. The Labute approximate surface area is 148 Å². The first-order chi connectivity index (χ1) is 11.5. The number of rotatable bonds is 4. The van der Waals surface area contributed by atoms with Crippen LogP contribution in [0.4, 0.5) is 0 Å². The highest BCUT2D eigenvalue weighted by atomic mass is 35.5. The molecule has 1 N–H and O–H groups in total. The highest BCUT2D eigenvalue weighted by Crippen LogP contribution is 2.34. The van der Waals surface area contributed by atoms with Gasteiger partial charge in [-0.25, -0.2) is 9.78 Å². The molecule has 1 heterocycles. The third-order valence-electron chi connectivity index (χ3n) is 3.26. The zero-order chi connectivity index (χ0) is 17.1. The minimum atomic E-state index is -0.991. The lowest BCUT2D eigenvalue weighted by molar-refractivity contribution is 0.0697. The fourth-order valence-electron chi connectivity index (χ4n) is 2.12. The van der Waals surface area contributed by atoms with Crippen LogP contribution in [0, 0.1) is 0 Å². The molecule has 24 heavy (non-hydrogen) atoms. The highest BCUT2D eigenvalue weighted by molar-refractivity contribution is 6.42. The Morgan fingerprint density at radius 1 is 1.00 bits per heavy atom. The number of hydrogen-bond donors (Lipinski definition) is 1. The number of hydrogen-bond acceptors (Lipinski definition) is 3. The lowest BCUT2D eigenvalue weighted by atomic mass is 10.1. The Balaban J connectivity index is 1.93. The van der Waals surface area contributed by atoms with Gasteiger partial charge in [0, 0.05) is 11.6 Å². The van der Waals surface area contributed by atoms with Crippen LogP contribution in [0.25, 0.3) is 11.3 Å². The summed E-state index contributed by atoms with van der Waals surface area (Å²) in [6.07, 6.45) is 0. The van der Waals surface area contributed by atoms with Gasteiger partial charge in [0.15, 0.2) is 0 Å². The van der Waals surface area contributed by atoms with E-state index in [1.54, 1.807) is 54.6 Å². The second kappa shape index (κ2) is 6.91. The van der Waals surface area contributed by atoms with E-state index in [1.165, 1.54) is 6.07 Å². The van der Waals surface area contributed by atoms with Crippen molar-refractivity contribution >= 4 is 29.2 Å². The quantitative estimate of drug-likeness (QED) is 0.663. The fourth-order valence-corrected chi connectivity index (χ4v) is 2.45. The minimum absolute atomic E-state index is 0.193. The van der Waals surface area contributed by atoms with Gasteiger partial charge in [0.1, 0.15) is 10.8 Å². The number of benzene rings is 2.